The zero-order chi connectivity index (χ0) is 34.6. The molecule has 0 bridgehead atoms. The number of thiophene rings is 1. The first-order valence-corrected chi connectivity index (χ1v) is 17.8. The Labute approximate surface area is 302 Å². The van der Waals surface area contributed by atoms with Gasteiger partial charge in [0.2, 0.25) is 0 Å². The van der Waals surface area contributed by atoms with Crippen molar-refractivity contribution >= 4 is 53.4 Å². The minimum absolute atomic E-state index is 0.540. The minimum atomic E-state index is 0.540. The van der Waals surface area contributed by atoms with Crippen LogP contribution in [0.15, 0.2) is 162 Å². The van der Waals surface area contributed by atoms with E-state index in [4.69, 9.17) is 19.4 Å². The van der Waals surface area contributed by atoms with Gasteiger partial charge in [-0.15, -0.1) is 11.3 Å². The molecule has 0 fully saturated rings. The van der Waals surface area contributed by atoms with Gasteiger partial charge in [0.05, 0.1) is 17.2 Å². The highest BCUT2D eigenvalue weighted by molar-refractivity contribution is 7.26. The molecule has 0 saturated carbocycles. The van der Waals surface area contributed by atoms with E-state index in [0.717, 1.165) is 65.6 Å². The Morgan fingerprint density at radius 3 is 1.92 bits per heavy atom. The fourth-order valence-electron chi connectivity index (χ4n) is 7.08. The summed E-state index contributed by atoms with van der Waals surface area (Å²) in [7, 11) is 0. The highest BCUT2D eigenvalue weighted by atomic mass is 32.1. The first-order valence-electron chi connectivity index (χ1n) is 17.0. The Kier molecular flexibility index (Phi) is 6.98. The highest BCUT2D eigenvalue weighted by Crippen LogP contribution is 2.43. The summed E-state index contributed by atoms with van der Waals surface area (Å²) in [5.74, 6) is 1.74. The zero-order valence-electron chi connectivity index (χ0n) is 27.6. The molecule has 0 saturated heterocycles. The number of fused-ring (bicyclic) bond motifs is 6. The van der Waals surface area contributed by atoms with Crippen LogP contribution in [-0.2, 0) is 0 Å². The Morgan fingerprint density at radius 2 is 1.12 bits per heavy atom. The Hall–Kier alpha value is -6.94. The van der Waals surface area contributed by atoms with Gasteiger partial charge in [0.1, 0.15) is 11.2 Å². The zero-order valence-corrected chi connectivity index (χ0v) is 28.4. The first-order chi connectivity index (χ1) is 25.7. The van der Waals surface area contributed by atoms with Crippen LogP contribution in [0.2, 0.25) is 0 Å². The molecule has 0 spiro atoms. The van der Waals surface area contributed by atoms with Crippen LogP contribution in [-0.4, -0.2) is 15.0 Å². The van der Waals surface area contributed by atoms with Crippen LogP contribution in [0.5, 0.6) is 0 Å². The van der Waals surface area contributed by atoms with Crippen LogP contribution in [0.3, 0.4) is 0 Å². The van der Waals surface area contributed by atoms with Crippen LogP contribution in [0, 0.1) is 11.3 Å². The van der Waals surface area contributed by atoms with E-state index in [1.54, 1.807) is 11.3 Å². The van der Waals surface area contributed by atoms with Crippen molar-refractivity contribution in [2.24, 2.45) is 0 Å². The normalized spacial score (nSPS) is 11.4. The fraction of sp³-hybridized carbons (Fsp3) is 0. The van der Waals surface area contributed by atoms with Crippen molar-refractivity contribution in [1.29, 1.82) is 5.26 Å². The van der Waals surface area contributed by atoms with Crippen molar-refractivity contribution in [2.45, 2.75) is 0 Å². The van der Waals surface area contributed by atoms with Gasteiger partial charge in [-0.1, -0.05) is 121 Å². The quantitative estimate of drug-likeness (QED) is 0.181. The van der Waals surface area contributed by atoms with E-state index in [1.165, 1.54) is 15.5 Å². The molecule has 0 N–H and O–H groups in total. The molecule has 5 nitrogen and oxygen atoms in total. The molecular weight excluding hydrogens is 657 g/mol. The molecule has 3 aromatic heterocycles. The molecule has 3 heterocycles. The molecule has 0 amide bonds. The molecular formula is C46H26N4OS. The number of hydrogen-bond donors (Lipinski definition) is 0. The van der Waals surface area contributed by atoms with Crippen LogP contribution < -0.4 is 0 Å². The number of nitriles is 1. The number of furan rings is 1. The molecule has 0 aliphatic heterocycles. The van der Waals surface area contributed by atoms with Gasteiger partial charge in [-0.2, -0.15) is 5.26 Å². The van der Waals surface area contributed by atoms with Crippen molar-refractivity contribution < 1.29 is 4.42 Å². The Balaban J connectivity index is 1.23. The molecule has 0 aliphatic rings. The van der Waals surface area contributed by atoms with Gasteiger partial charge in [0, 0.05) is 42.1 Å². The van der Waals surface area contributed by atoms with Crippen molar-refractivity contribution in [3.63, 3.8) is 0 Å². The average Bonchev–Trinajstić information content (AvgIpc) is 3.79. The second kappa shape index (κ2) is 12.1. The Morgan fingerprint density at radius 1 is 0.462 bits per heavy atom. The van der Waals surface area contributed by atoms with E-state index < -0.39 is 0 Å². The summed E-state index contributed by atoms with van der Waals surface area (Å²) in [6.07, 6.45) is 0. The molecule has 0 atom stereocenters. The lowest BCUT2D eigenvalue weighted by Crippen LogP contribution is -2.01. The lowest BCUT2D eigenvalue weighted by molar-refractivity contribution is 0.669. The van der Waals surface area contributed by atoms with E-state index in [-0.39, 0.29) is 0 Å². The maximum atomic E-state index is 9.27. The number of aromatic nitrogens is 3. The summed E-state index contributed by atoms with van der Waals surface area (Å²) in [6, 6.07) is 55.7. The number of nitrogens with zero attached hydrogens (tertiary/aromatic N) is 4. The molecule has 10 aromatic rings. The summed E-state index contributed by atoms with van der Waals surface area (Å²) in [5, 5.41) is 13.7. The van der Waals surface area contributed by atoms with Crippen LogP contribution >= 0.6 is 11.3 Å². The third kappa shape index (κ3) is 4.95. The number of rotatable bonds is 5. The molecule has 242 valence electrons. The molecule has 0 radical (unpaired) electrons. The van der Waals surface area contributed by atoms with E-state index in [9.17, 15) is 5.26 Å². The number of para-hydroxylation sites is 1. The largest absolute Gasteiger partial charge is 0.455 e. The van der Waals surface area contributed by atoms with Crippen molar-refractivity contribution in [3.8, 4) is 62.5 Å². The van der Waals surface area contributed by atoms with Crippen LogP contribution in [0.25, 0.3) is 98.5 Å². The third-order valence-corrected chi connectivity index (χ3v) is 10.8. The standard InChI is InChI=1S/C46H26N4OS/c47-27-28-17-19-29(20-18-28)30-21-23-31(24-22-30)33-25-26-36-34-11-4-6-15-39(34)51-42(36)41(33)46-49-44(32-9-2-1-3-10-32)48-45(50-46)38-14-8-13-37-35-12-5-7-16-40(35)52-43(37)38/h1-26H. The SMILES string of the molecule is N#Cc1ccc(-c2ccc(-c3ccc4c(oc5ccccc54)c3-c3nc(-c4ccccc4)nc(-c4cccc5c4sc4ccccc45)n3)cc2)cc1. The van der Waals surface area contributed by atoms with Gasteiger partial charge in [-0.25, -0.2) is 15.0 Å². The van der Waals surface area contributed by atoms with Crippen LogP contribution in [0.1, 0.15) is 5.56 Å². The molecule has 7 aromatic carbocycles. The number of benzene rings is 7. The van der Waals surface area contributed by atoms with Gasteiger partial charge in [0.25, 0.3) is 0 Å². The molecule has 0 unspecified atom stereocenters. The van der Waals surface area contributed by atoms with Gasteiger partial charge >= 0.3 is 0 Å². The van der Waals surface area contributed by atoms with Crippen molar-refractivity contribution in [1.82, 2.24) is 15.0 Å². The highest BCUT2D eigenvalue weighted by Gasteiger charge is 2.23. The van der Waals surface area contributed by atoms with E-state index >= 15 is 0 Å². The van der Waals surface area contributed by atoms with Gasteiger partial charge in [-0.05, 0) is 58.7 Å². The Bertz CT molecular complexity index is 3010. The monoisotopic (exact) mass is 682 g/mol. The molecule has 6 heteroatoms. The predicted molar refractivity (Wildman–Crippen MR) is 212 cm³/mol. The predicted octanol–water partition coefficient (Wildman–Crippen LogP) is 12.3. The lowest BCUT2D eigenvalue weighted by Gasteiger charge is -2.13. The fourth-order valence-corrected chi connectivity index (χ4v) is 8.29. The van der Waals surface area contributed by atoms with Gasteiger partial charge < -0.3 is 4.42 Å². The second-order valence-electron chi connectivity index (χ2n) is 12.7. The molecule has 10 rings (SSSR count). The third-order valence-electron chi connectivity index (χ3n) is 9.63. The molecule has 52 heavy (non-hydrogen) atoms. The van der Waals surface area contributed by atoms with Gasteiger partial charge in [-0.3, -0.25) is 0 Å². The topological polar surface area (TPSA) is 75.6 Å². The maximum absolute atomic E-state index is 9.27. The summed E-state index contributed by atoms with van der Waals surface area (Å²) in [5.41, 5.74) is 8.91. The van der Waals surface area contributed by atoms with E-state index in [1.807, 2.05) is 72.8 Å². The van der Waals surface area contributed by atoms with E-state index in [2.05, 4.69) is 91.0 Å². The lowest BCUT2D eigenvalue weighted by atomic mass is 9.94. The average molecular weight is 683 g/mol. The van der Waals surface area contributed by atoms with Crippen LogP contribution in [0.4, 0.5) is 0 Å². The number of hydrogen-bond acceptors (Lipinski definition) is 6. The first kappa shape index (κ1) is 29.9. The smallest absolute Gasteiger partial charge is 0.168 e. The second-order valence-corrected chi connectivity index (χ2v) is 13.7. The van der Waals surface area contributed by atoms with Crippen molar-refractivity contribution in [2.75, 3.05) is 0 Å². The van der Waals surface area contributed by atoms with E-state index in [0.29, 0.717) is 23.0 Å². The van der Waals surface area contributed by atoms with Gasteiger partial charge in [0.15, 0.2) is 17.5 Å². The molecule has 0 aliphatic carbocycles. The minimum Gasteiger partial charge on any atom is -0.455 e. The van der Waals surface area contributed by atoms with Crippen molar-refractivity contribution in [3.05, 3.63) is 163 Å². The summed E-state index contributed by atoms with van der Waals surface area (Å²) < 4.78 is 9.05. The summed E-state index contributed by atoms with van der Waals surface area (Å²) in [6.45, 7) is 0. The summed E-state index contributed by atoms with van der Waals surface area (Å²) >= 11 is 1.76. The maximum Gasteiger partial charge on any atom is 0.168 e. The summed E-state index contributed by atoms with van der Waals surface area (Å²) in [4.78, 5) is 15.6.